The zero-order chi connectivity index (χ0) is 16.1. The van der Waals surface area contributed by atoms with E-state index in [-0.39, 0.29) is 11.5 Å². The van der Waals surface area contributed by atoms with Gasteiger partial charge in [0.2, 0.25) is 5.91 Å². The van der Waals surface area contributed by atoms with Crippen LogP contribution >= 0.6 is 0 Å². The third kappa shape index (κ3) is 4.74. The predicted molar refractivity (Wildman–Crippen MR) is 79.2 cm³/mol. The topological polar surface area (TPSA) is 52.6 Å². The first-order chi connectivity index (χ1) is 10.5. The Hall–Kier alpha value is -1.53. The first kappa shape index (κ1) is 16.8. The maximum Gasteiger partial charge on any atom is 0.216 e. The summed E-state index contributed by atoms with van der Waals surface area (Å²) in [7, 11) is 0. The van der Waals surface area contributed by atoms with Crippen molar-refractivity contribution in [2.45, 2.75) is 25.9 Å². The predicted octanol–water partition coefficient (Wildman–Crippen LogP) is 1.85. The van der Waals surface area contributed by atoms with Crippen molar-refractivity contribution >= 4 is 5.91 Å². The molecule has 2 N–H and O–H groups in total. The number of β-amino-alcohol motifs (C(OH)–C–C–N with tert-alkyl or cyclic N) is 1. The normalized spacial score (nSPS) is 20.6. The lowest BCUT2D eigenvalue weighted by atomic mass is 9.97. The third-order valence-electron chi connectivity index (χ3n) is 4.00. The maximum absolute atomic E-state index is 13.7. The van der Waals surface area contributed by atoms with Gasteiger partial charge < -0.3 is 15.3 Å². The lowest BCUT2D eigenvalue weighted by Crippen LogP contribution is -2.42. The molecule has 0 aromatic heterocycles. The molecule has 1 aromatic carbocycles. The van der Waals surface area contributed by atoms with Crippen LogP contribution in [0.1, 0.15) is 31.4 Å². The van der Waals surface area contributed by atoms with Gasteiger partial charge >= 0.3 is 0 Å². The van der Waals surface area contributed by atoms with Crippen LogP contribution in [0.25, 0.3) is 0 Å². The van der Waals surface area contributed by atoms with E-state index in [2.05, 4.69) is 10.2 Å². The van der Waals surface area contributed by atoms with Crippen LogP contribution < -0.4 is 5.32 Å². The molecule has 0 bridgehead atoms. The smallest absolute Gasteiger partial charge is 0.216 e. The highest BCUT2D eigenvalue weighted by Gasteiger charge is 2.23. The SMILES string of the molecule is CC(=O)NCC1CCCN(CC(O)c2ccc(F)cc2F)C1. The number of aliphatic hydroxyl groups is 1. The van der Waals surface area contributed by atoms with Gasteiger partial charge in [-0.1, -0.05) is 6.07 Å². The Kier molecular flexibility index (Phi) is 5.85. The molecule has 0 aliphatic carbocycles. The van der Waals surface area contributed by atoms with Gasteiger partial charge in [-0.05, 0) is 31.4 Å². The van der Waals surface area contributed by atoms with Crippen molar-refractivity contribution in [1.82, 2.24) is 10.2 Å². The van der Waals surface area contributed by atoms with Crippen LogP contribution in [0.5, 0.6) is 0 Å². The second kappa shape index (κ2) is 7.65. The average molecular weight is 312 g/mol. The van der Waals surface area contributed by atoms with Crippen molar-refractivity contribution in [3.05, 3.63) is 35.4 Å². The van der Waals surface area contributed by atoms with Gasteiger partial charge in [-0.15, -0.1) is 0 Å². The molecule has 1 aliphatic heterocycles. The number of piperidine rings is 1. The summed E-state index contributed by atoms with van der Waals surface area (Å²) in [4.78, 5) is 13.0. The molecular formula is C16H22F2N2O2. The molecule has 2 atom stereocenters. The van der Waals surface area contributed by atoms with E-state index in [0.29, 0.717) is 19.0 Å². The highest BCUT2D eigenvalue weighted by molar-refractivity contribution is 5.72. The molecule has 122 valence electrons. The minimum atomic E-state index is -0.986. The summed E-state index contributed by atoms with van der Waals surface area (Å²) in [6.07, 6.45) is 1.01. The molecule has 1 aliphatic rings. The fourth-order valence-electron chi connectivity index (χ4n) is 2.89. The number of amides is 1. The van der Waals surface area contributed by atoms with Crippen LogP contribution in [0.4, 0.5) is 8.78 Å². The summed E-state index contributed by atoms with van der Waals surface area (Å²) in [6.45, 7) is 3.99. The van der Waals surface area contributed by atoms with E-state index in [4.69, 9.17) is 0 Å². The Bertz CT molecular complexity index is 525. The number of benzene rings is 1. The minimum absolute atomic E-state index is 0.0504. The van der Waals surface area contributed by atoms with Crippen molar-refractivity contribution < 1.29 is 18.7 Å². The molecule has 0 spiro atoms. The first-order valence-electron chi connectivity index (χ1n) is 7.55. The van der Waals surface area contributed by atoms with E-state index in [0.717, 1.165) is 38.1 Å². The van der Waals surface area contributed by atoms with Crippen molar-refractivity contribution in [2.75, 3.05) is 26.2 Å². The fraction of sp³-hybridized carbons (Fsp3) is 0.562. The van der Waals surface area contributed by atoms with Gasteiger partial charge in [0.25, 0.3) is 0 Å². The average Bonchev–Trinajstić information content (AvgIpc) is 2.45. The molecule has 1 heterocycles. The molecule has 1 fully saturated rings. The van der Waals surface area contributed by atoms with Crippen LogP contribution in [0, 0.1) is 17.6 Å². The van der Waals surface area contributed by atoms with E-state index in [1.165, 1.54) is 13.0 Å². The Morgan fingerprint density at radius 3 is 2.95 bits per heavy atom. The summed E-state index contributed by atoms with van der Waals surface area (Å²) < 4.78 is 26.6. The maximum atomic E-state index is 13.7. The molecule has 6 heteroatoms. The van der Waals surface area contributed by atoms with Gasteiger partial charge in [0.15, 0.2) is 0 Å². The second-order valence-corrected chi connectivity index (χ2v) is 5.89. The summed E-state index contributed by atoms with van der Waals surface area (Å²) in [6, 6.07) is 3.22. The monoisotopic (exact) mass is 312 g/mol. The van der Waals surface area contributed by atoms with Crippen molar-refractivity contribution in [2.24, 2.45) is 5.92 Å². The van der Waals surface area contributed by atoms with Crippen molar-refractivity contribution in [1.29, 1.82) is 0 Å². The number of nitrogens with zero attached hydrogens (tertiary/aromatic N) is 1. The van der Waals surface area contributed by atoms with E-state index < -0.39 is 17.7 Å². The van der Waals surface area contributed by atoms with Crippen molar-refractivity contribution in [3.8, 4) is 0 Å². The molecule has 1 saturated heterocycles. The Balaban J connectivity index is 1.90. The zero-order valence-corrected chi connectivity index (χ0v) is 12.7. The van der Waals surface area contributed by atoms with Crippen LogP contribution in [-0.4, -0.2) is 42.1 Å². The van der Waals surface area contributed by atoms with Crippen molar-refractivity contribution in [3.63, 3.8) is 0 Å². The number of aliphatic hydroxyl groups excluding tert-OH is 1. The molecule has 22 heavy (non-hydrogen) atoms. The van der Waals surface area contributed by atoms with Crippen LogP contribution in [0.3, 0.4) is 0 Å². The van der Waals surface area contributed by atoms with Gasteiger partial charge in [-0.3, -0.25) is 4.79 Å². The molecule has 1 aromatic rings. The number of hydrogen-bond acceptors (Lipinski definition) is 3. The number of carbonyl (C=O) groups excluding carboxylic acids is 1. The summed E-state index contributed by atoms with van der Waals surface area (Å²) in [5.74, 6) is -1.09. The third-order valence-corrected chi connectivity index (χ3v) is 4.00. The molecule has 4 nitrogen and oxygen atoms in total. The number of rotatable bonds is 5. The number of hydrogen-bond donors (Lipinski definition) is 2. The van der Waals surface area contributed by atoms with Crippen LogP contribution in [-0.2, 0) is 4.79 Å². The molecule has 2 rings (SSSR count). The Labute approximate surface area is 129 Å². The highest BCUT2D eigenvalue weighted by Crippen LogP contribution is 2.22. The molecule has 2 unspecified atom stereocenters. The Morgan fingerprint density at radius 1 is 1.50 bits per heavy atom. The molecule has 1 amide bonds. The number of carbonyl (C=O) groups is 1. The molecular weight excluding hydrogens is 290 g/mol. The number of halogens is 2. The van der Waals surface area contributed by atoms with Gasteiger partial charge in [-0.2, -0.15) is 0 Å². The molecule has 0 saturated carbocycles. The largest absolute Gasteiger partial charge is 0.387 e. The van der Waals surface area contributed by atoms with E-state index in [1.807, 2.05) is 0 Å². The van der Waals surface area contributed by atoms with E-state index in [1.54, 1.807) is 0 Å². The van der Waals surface area contributed by atoms with Gasteiger partial charge in [-0.25, -0.2) is 8.78 Å². The lowest BCUT2D eigenvalue weighted by molar-refractivity contribution is -0.119. The highest BCUT2D eigenvalue weighted by atomic mass is 19.1. The van der Waals surface area contributed by atoms with Crippen LogP contribution in [0.2, 0.25) is 0 Å². The van der Waals surface area contributed by atoms with Gasteiger partial charge in [0, 0.05) is 38.2 Å². The number of likely N-dealkylation sites (tertiary alicyclic amines) is 1. The summed E-state index contributed by atoms with van der Waals surface area (Å²) in [5.41, 5.74) is 0.116. The van der Waals surface area contributed by atoms with Gasteiger partial charge in [0.1, 0.15) is 11.6 Å². The zero-order valence-electron chi connectivity index (χ0n) is 12.7. The summed E-state index contributed by atoms with van der Waals surface area (Å²) >= 11 is 0. The molecule has 0 radical (unpaired) electrons. The minimum Gasteiger partial charge on any atom is -0.387 e. The standard InChI is InChI=1S/C16H22F2N2O2/c1-11(21)19-8-12-3-2-6-20(9-12)10-16(22)14-5-4-13(17)7-15(14)18/h4-5,7,12,16,22H,2-3,6,8-10H2,1H3,(H,19,21). The lowest BCUT2D eigenvalue weighted by Gasteiger charge is -2.34. The second-order valence-electron chi connectivity index (χ2n) is 5.89. The fourth-order valence-corrected chi connectivity index (χ4v) is 2.89. The quantitative estimate of drug-likeness (QED) is 0.872. The first-order valence-corrected chi connectivity index (χ1v) is 7.55. The number of nitrogens with one attached hydrogen (secondary N) is 1. The van der Waals surface area contributed by atoms with E-state index >= 15 is 0 Å². The Morgan fingerprint density at radius 2 is 2.27 bits per heavy atom. The van der Waals surface area contributed by atoms with E-state index in [9.17, 15) is 18.7 Å². The van der Waals surface area contributed by atoms with Crippen LogP contribution in [0.15, 0.2) is 18.2 Å². The van der Waals surface area contributed by atoms with Gasteiger partial charge in [0.05, 0.1) is 6.10 Å². The summed E-state index contributed by atoms with van der Waals surface area (Å²) in [5, 5.41) is 13.0.